The molecule has 56 heavy (non-hydrogen) atoms. The van der Waals surface area contributed by atoms with Crippen LogP contribution in [0.2, 0.25) is 0 Å². The Morgan fingerprint density at radius 3 is 2.20 bits per heavy atom. The van der Waals surface area contributed by atoms with Crippen LogP contribution in [0.1, 0.15) is 76.3 Å². The van der Waals surface area contributed by atoms with E-state index in [4.69, 9.17) is 18.9 Å². The number of amides is 1. The predicted octanol–water partition coefficient (Wildman–Crippen LogP) is 3.20. The molecule has 302 valence electrons. The van der Waals surface area contributed by atoms with E-state index in [0.717, 1.165) is 18.7 Å². The molecule has 3 aliphatic carbocycles. The van der Waals surface area contributed by atoms with Gasteiger partial charge in [-0.1, -0.05) is 81.1 Å². The largest absolute Gasteiger partial charge is 0.456 e. The second-order valence-electron chi connectivity index (χ2n) is 15.8. The number of thioether (sulfide) groups is 1. The highest BCUT2D eigenvalue weighted by Crippen LogP contribution is 2.64. The number of Topliss-reactive ketones (excluding diaryl/α,β-unsaturated/α-hetero) is 1. The van der Waals surface area contributed by atoms with Crippen LogP contribution in [0, 0.1) is 16.7 Å². The van der Waals surface area contributed by atoms with Gasteiger partial charge >= 0.3 is 17.9 Å². The Morgan fingerprint density at radius 2 is 1.62 bits per heavy atom. The Hall–Kier alpha value is -4.12. The summed E-state index contributed by atoms with van der Waals surface area (Å²) in [5, 5.41) is 51.0. The highest BCUT2D eigenvalue weighted by atomic mass is 32.2. The number of rotatable bonds is 9. The van der Waals surface area contributed by atoms with Crippen molar-refractivity contribution in [1.82, 2.24) is 5.32 Å². The minimum Gasteiger partial charge on any atom is -0.456 e. The van der Waals surface area contributed by atoms with Gasteiger partial charge in [-0.3, -0.25) is 14.4 Å². The van der Waals surface area contributed by atoms with Crippen LogP contribution in [0.5, 0.6) is 0 Å². The lowest BCUT2D eigenvalue weighted by Crippen LogP contribution is -2.81. The summed E-state index contributed by atoms with van der Waals surface area (Å²) in [6, 6.07) is 15.0. The van der Waals surface area contributed by atoms with Crippen molar-refractivity contribution in [2.24, 2.45) is 16.7 Å². The zero-order chi connectivity index (χ0) is 41.0. The first kappa shape index (κ1) is 41.5. The lowest BCUT2D eigenvalue weighted by molar-refractivity contribution is -0.346. The maximum Gasteiger partial charge on any atom is 0.338 e. The van der Waals surface area contributed by atoms with Gasteiger partial charge in [0.05, 0.1) is 35.6 Å². The van der Waals surface area contributed by atoms with E-state index in [2.05, 4.69) is 5.32 Å². The van der Waals surface area contributed by atoms with Crippen molar-refractivity contribution in [3.63, 3.8) is 0 Å². The van der Waals surface area contributed by atoms with Crippen molar-refractivity contribution in [3.05, 3.63) is 82.9 Å². The topological polar surface area (TPSA) is 215 Å². The Kier molecular flexibility index (Phi) is 11.4. The summed E-state index contributed by atoms with van der Waals surface area (Å²) >= 11 is 0.942. The maximum atomic E-state index is 14.9. The van der Waals surface area contributed by atoms with Gasteiger partial charge in [-0.05, 0) is 48.4 Å². The number of carbonyl (C=O) groups is 5. The van der Waals surface area contributed by atoms with Gasteiger partial charge in [-0.25, -0.2) is 9.59 Å². The van der Waals surface area contributed by atoms with E-state index in [1.807, 2.05) is 0 Å². The second kappa shape index (κ2) is 15.3. The number of fused-ring (bicyclic) bond motifs is 5. The first-order valence-electron chi connectivity index (χ1n) is 18.6. The molecule has 2 aromatic carbocycles. The number of aliphatic hydroxyl groups is 4. The average Bonchev–Trinajstić information content (AvgIpc) is 3.15. The van der Waals surface area contributed by atoms with Crippen LogP contribution >= 0.6 is 11.8 Å². The number of hydrogen-bond donors (Lipinski definition) is 5. The zero-order valence-corrected chi connectivity index (χ0v) is 32.9. The first-order valence-corrected chi connectivity index (χ1v) is 19.6. The number of nitrogens with one attached hydrogen (secondary N) is 1. The summed E-state index contributed by atoms with van der Waals surface area (Å²) in [6.45, 7) is 8.68. The summed E-state index contributed by atoms with van der Waals surface area (Å²) in [5.74, 6) is -4.83. The molecular weight excluding hydrogens is 747 g/mol. The van der Waals surface area contributed by atoms with E-state index in [-0.39, 0.29) is 29.7 Å². The molecule has 0 aromatic heterocycles. The molecule has 5 N–H and O–H groups in total. The van der Waals surface area contributed by atoms with Crippen molar-refractivity contribution in [2.45, 2.75) is 108 Å². The van der Waals surface area contributed by atoms with Crippen molar-refractivity contribution < 1.29 is 63.3 Å². The molecule has 1 aliphatic heterocycles. The van der Waals surface area contributed by atoms with Gasteiger partial charge in [0.15, 0.2) is 17.5 Å². The molecule has 6 rings (SSSR count). The molecule has 1 saturated heterocycles. The number of aliphatic hydroxyl groups excluding tert-OH is 3. The third-order valence-electron chi connectivity index (χ3n) is 12.4. The lowest BCUT2D eigenvalue weighted by Gasteiger charge is -2.67. The Labute approximate surface area is 328 Å². The van der Waals surface area contributed by atoms with E-state index in [0.29, 0.717) is 11.3 Å². The van der Waals surface area contributed by atoms with Crippen LogP contribution in [0.15, 0.2) is 71.8 Å². The minimum absolute atomic E-state index is 0.0445. The Morgan fingerprint density at radius 1 is 1.00 bits per heavy atom. The molecule has 1 heterocycles. The van der Waals surface area contributed by atoms with Gasteiger partial charge < -0.3 is 44.7 Å². The third-order valence-corrected chi connectivity index (χ3v) is 13.1. The molecule has 2 aromatic rings. The van der Waals surface area contributed by atoms with Crippen LogP contribution in [-0.2, 0) is 33.3 Å². The number of hydrogen-bond acceptors (Lipinski definition) is 14. The van der Waals surface area contributed by atoms with Gasteiger partial charge in [0, 0.05) is 25.2 Å². The van der Waals surface area contributed by atoms with Crippen molar-refractivity contribution in [1.29, 1.82) is 0 Å². The monoisotopic (exact) mass is 795 g/mol. The van der Waals surface area contributed by atoms with Crippen LogP contribution < -0.4 is 5.32 Å². The van der Waals surface area contributed by atoms with Crippen LogP contribution in [0.3, 0.4) is 0 Å². The fraction of sp³-hybridized carbons (Fsp3) is 0.537. The summed E-state index contributed by atoms with van der Waals surface area (Å²) in [6.07, 6.45) is -10.3. The highest BCUT2D eigenvalue weighted by Gasteiger charge is 2.78. The van der Waals surface area contributed by atoms with E-state index in [1.165, 1.54) is 26.0 Å². The normalized spacial score (nSPS) is 34.2. The van der Waals surface area contributed by atoms with E-state index in [1.54, 1.807) is 69.3 Å². The summed E-state index contributed by atoms with van der Waals surface area (Å²) in [5.41, 5.74) is -7.02. The number of ether oxygens (including phenoxy) is 4. The molecular formula is C41H49NO13S. The highest BCUT2D eigenvalue weighted by molar-refractivity contribution is 8.13. The molecule has 0 radical (unpaired) electrons. The quantitative estimate of drug-likeness (QED) is 0.140. The first-order chi connectivity index (χ1) is 26.3. The number of benzene rings is 2. The van der Waals surface area contributed by atoms with Crippen LogP contribution in [0.4, 0.5) is 4.79 Å². The number of carbonyl (C=O) groups excluding carboxylic acids is 5. The Bertz CT molecular complexity index is 1900. The molecule has 14 nitrogen and oxygen atoms in total. The SMILES string of the molecule is CCSC(=O)N[C@@H](c1ccccc1)[C@@H](O)C(=O)O[C@H]1C[C@@]2(O)[C@@H](OC(=O)c3ccccc3)[C@@H]3[C@]4(OC(C)=O)CO[C@@H]4C[C@H](O)[C@@]3(C)C(=O)[C@H](O)C(=C1C)C2(C)C. The fourth-order valence-corrected chi connectivity index (χ4v) is 9.90. The molecule has 4 aliphatic rings. The molecule has 2 saturated carbocycles. The van der Waals surface area contributed by atoms with Crippen molar-refractivity contribution >= 4 is 40.7 Å². The van der Waals surface area contributed by atoms with Crippen molar-refractivity contribution in [3.8, 4) is 0 Å². The van der Waals surface area contributed by atoms with E-state index in [9.17, 15) is 44.4 Å². The van der Waals surface area contributed by atoms with Gasteiger partial charge in [-0.2, -0.15) is 0 Å². The van der Waals surface area contributed by atoms with E-state index < -0.39 is 106 Å². The molecule has 15 heteroatoms. The fourth-order valence-electron chi connectivity index (χ4n) is 9.42. The average molecular weight is 796 g/mol. The van der Waals surface area contributed by atoms with Crippen LogP contribution in [0.25, 0.3) is 0 Å². The molecule has 1 amide bonds. The van der Waals surface area contributed by atoms with Gasteiger partial charge in [0.2, 0.25) is 0 Å². The summed E-state index contributed by atoms with van der Waals surface area (Å²) in [7, 11) is 0. The van der Waals surface area contributed by atoms with Crippen LogP contribution in [-0.4, -0.2) is 110 Å². The number of ketones is 1. The molecule has 11 atom stereocenters. The summed E-state index contributed by atoms with van der Waals surface area (Å²) in [4.78, 5) is 68.5. The molecule has 0 spiro atoms. The van der Waals surface area contributed by atoms with Gasteiger partial charge in [0.25, 0.3) is 5.24 Å². The van der Waals surface area contributed by atoms with Gasteiger partial charge in [0.1, 0.15) is 30.0 Å². The lowest BCUT2D eigenvalue weighted by atomic mass is 9.44. The second-order valence-corrected chi connectivity index (χ2v) is 17.0. The summed E-state index contributed by atoms with van der Waals surface area (Å²) < 4.78 is 24.1. The molecule has 0 unspecified atom stereocenters. The smallest absolute Gasteiger partial charge is 0.338 e. The molecule has 2 bridgehead atoms. The standard InChI is InChI=1S/C41H49NO13S/c1-7-56-37(50)42-29(23-14-10-8-11-15-23)31(46)36(49)53-25-19-41(51)34(54-35(48)24-16-12-9-13-17-24)32-39(6,33(47)30(45)28(21(25)2)38(41,4)5)26(44)18-27-40(32,20-52-27)55-22(3)43/h8-17,25-27,29-32,34,44-46,51H,7,18-20H2,1-6H3,(H,42,50)/t25-,26-,27+,29-,30+,31+,32-,34-,39+,40-,41+/m0/s1. The third kappa shape index (κ3) is 6.65. The maximum absolute atomic E-state index is 14.9. The number of esters is 3. The van der Waals surface area contributed by atoms with E-state index >= 15 is 0 Å². The van der Waals surface area contributed by atoms with Gasteiger partial charge in [-0.15, -0.1) is 0 Å². The predicted molar refractivity (Wildman–Crippen MR) is 201 cm³/mol. The molecule has 3 fully saturated rings. The van der Waals surface area contributed by atoms with Crippen molar-refractivity contribution in [2.75, 3.05) is 12.4 Å². The zero-order valence-electron chi connectivity index (χ0n) is 32.1. The Balaban J connectivity index is 1.50. The minimum atomic E-state index is -2.33.